The van der Waals surface area contributed by atoms with Crippen molar-refractivity contribution < 1.29 is 17.8 Å². The van der Waals surface area contributed by atoms with Gasteiger partial charge in [-0.15, -0.1) is 0 Å². The Labute approximate surface area is 169 Å². The third kappa shape index (κ3) is 6.52. The number of amides is 1. The first-order valence-corrected chi connectivity index (χ1v) is 9.86. The largest absolute Gasteiger partial charge is 0.399 e. The lowest BCUT2D eigenvalue weighted by atomic mass is 10.1. The van der Waals surface area contributed by atoms with Gasteiger partial charge >= 0.3 is 0 Å². The van der Waals surface area contributed by atoms with Gasteiger partial charge in [0, 0.05) is 28.3 Å². The molecule has 0 spiro atoms. The maximum Gasteiger partial charge on any atom is 0.294 e. The number of nitrogens with two attached hydrogens (primary N) is 3. The second-order valence-corrected chi connectivity index (χ2v) is 7.61. The molecule has 3 aromatic rings. The van der Waals surface area contributed by atoms with Gasteiger partial charge in [0.05, 0.1) is 4.90 Å². The molecule has 29 heavy (non-hydrogen) atoms. The van der Waals surface area contributed by atoms with Crippen molar-refractivity contribution in [3.8, 4) is 0 Å². The molecular formula is C20H22N4O4S. The number of aryl methyl sites for hydroxylation is 1. The molecule has 9 heteroatoms. The number of benzene rings is 3. The van der Waals surface area contributed by atoms with E-state index in [0.29, 0.717) is 22.6 Å². The molecule has 0 saturated heterocycles. The van der Waals surface area contributed by atoms with Crippen LogP contribution in [-0.4, -0.2) is 18.9 Å². The molecule has 0 atom stereocenters. The molecule has 0 radical (unpaired) electrons. The highest BCUT2D eigenvalue weighted by Crippen LogP contribution is 2.17. The number of hydrogen-bond donors (Lipinski definition) is 5. The second kappa shape index (κ2) is 9.09. The van der Waals surface area contributed by atoms with Gasteiger partial charge in [-0.05, 0) is 79.2 Å². The van der Waals surface area contributed by atoms with Gasteiger partial charge in [-0.25, -0.2) is 0 Å². The molecule has 0 aromatic heterocycles. The van der Waals surface area contributed by atoms with Crippen LogP contribution in [0.5, 0.6) is 0 Å². The molecule has 0 fully saturated rings. The Morgan fingerprint density at radius 3 is 1.86 bits per heavy atom. The normalized spacial score (nSPS) is 10.6. The molecule has 1 amide bonds. The van der Waals surface area contributed by atoms with Crippen molar-refractivity contribution in [2.24, 2.45) is 0 Å². The van der Waals surface area contributed by atoms with Crippen LogP contribution in [0.15, 0.2) is 71.6 Å². The van der Waals surface area contributed by atoms with Crippen molar-refractivity contribution in [1.82, 2.24) is 0 Å². The summed E-state index contributed by atoms with van der Waals surface area (Å²) >= 11 is 0. The van der Waals surface area contributed by atoms with E-state index >= 15 is 0 Å². The highest BCUT2D eigenvalue weighted by molar-refractivity contribution is 7.85. The van der Waals surface area contributed by atoms with Gasteiger partial charge < -0.3 is 22.5 Å². The molecule has 0 aliphatic heterocycles. The predicted molar refractivity (Wildman–Crippen MR) is 115 cm³/mol. The zero-order valence-electron chi connectivity index (χ0n) is 15.7. The SMILES string of the molecule is Cc1cc(NC(=O)c2ccc(N)cc2)ccc1N.Nc1ccc(S(=O)(=O)O)cc1. The predicted octanol–water partition coefficient (Wildman–Crippen LogP) is 2.93. The van der Waals surface area contributed by atoms with Crippen molar-refractivity contribution in [1.29, 1.82) is 0 Å². The number of rotatable bonds is 3. The first kappa shape index (κ1) is 21.7. The molecular weight excluding hydrogens is 392 g/mol. The van der Waals surface area contributed by atoms with Crippen LogP contribution in [-0.2, 0) is 10.1 Å². The lowest BCUT2D eigenvalue weighted by Gasteiger charge is -2.07. The van der Waals surface area contributed by atoms with Gasteiger partial charge in [0.2, 0.25) is 0 Å². The summed E-state index contributed by atoms with van der Waals surface area (Å²) in [5, 5.41) is 2.81. The first-order chi connectivity index (χ1) is 13.6. The summed E-state index contributed by atoms with van der Waals surface area (Å²) in [7, 11) is -4.08. The monoisotopic (exact) mass is 414 g/mol. The van der Waals surface area contributed by atoms with Crippen LogP contribution in [0.2, 0.25) is 0 Å². The Balaban J connectivity index is 0.000000234. The third-order valence-corrected chi connectivity index (χ3v) is 4.75. The summed E-state index contributed by atoms with van der Waals surface area (Å²) in [6.45, 7) is 1.90. The Hall–Kier alpha value is -3.56. The number of carbonyl (C=O) groups is 1. The molecule has 3 rings (SSSR count). The summed E-state index contributed by atoms with van der Waals surface area (Å²) in [5.74, 6) is -0.167. The Morgan fingerprint density at radius 2 is 1.38 bits per heavy atom. The maximum atomic E-state index is 11.9. The number of nitrogens with one attached hydrogen (secondary N) is 1. The minimum atomic E-state index is -4.08. The highest BCUT2D eigenvalue weighted by atomic mass is 32.2. The standard InChI is InChI=1S/C14H15N3O.C6H7NO3S/c1-9-8-12(6-7-13(9)16)17-14(18)10-2-4-11(15)5-3-10;7-5-1-3-6(4-2-5)11(8,9)10/h2-8H,15-16H2,1H3,(H,17,18);1-4H,7H2,(H,8,9,10). The van der Waals surface area contributed by atoms with Crippen LogP contribution in [0.4, 0.5) is 22.7 Å². The smallest absolute Gasteiger partial charge is 0.294 e. The van der Waals surface area contributed by atoms with Crippen LogP contribution in [0, 0.1) is 6.92 Å². The highest BCUT2D eigenvalue weighted by Gasteiger charge is 2.07. The van der Waals surface area contributed by atoms with Crippen molar-refractivity contribution in [2.75, 3.05) is 22.5 Å². The van der Waals surface area contributed by atoms with E-state index in [-0.39, 0.29) is 10.8 Å². The molecule has 3 aromatic carbocycles. The first-order valence-electron chi connectivity index (χ1n) is 8.42. The zero-order chi connectivity index (χ0) is 21.6. The number of nitrogen functional groups attached to an aromatic ring is 3. The fraction of sp³-hybridized carbons (Fsp3) is 0.0500. The minimum absolute atomic E-state index is 0.147. The summed E-state index contributed by atoms with van der Waals surface area (Å²) in [4.78, 5) is 11.8. The van der Waals surface area contributed by atoms with Crippen LogP contribution in [0.3, 0.4) is 0 Å². The Kier molecular flexibility index (Phi) is 6.81. The fourth-order valence-corrected chi connectivity index (χ4v) is 2.71. The van der Waals surface area contributed by atoms with Crippen molar-refractivity contribution in [3.05, 3.63) is 77.9 Å². The average Bonchev–Trinajstić information content (AvgIpc) is 2.65. The van der Waals surface area contributed by atoms with Gasteiger partial charge in [0.25, 0.3) is 16.0 Å². The van der Waals surface area contributed by atoms with E-state index < -0.39 is 10.1 Å². The number of carbonyl (C=O) groups excluding carboxylic acids is 1. The molecule has 0 bridgehead atoms. The molecule has 152 valence electrons. The summed E-state index contributed by atoms with van der Waals surface area (Å²) in [6, 6.07) is 17.5. The quantitative estimate of drug-likeness (QED) is 0.325. The molecule has 0 aliphatic rings. The molecule has 0 saturated carbocycles. The van der Waals surface area contributed by atoms with Crippen LogP contribution in [0.1, 0.15) is 15.9 Å². The summed E-state index contributed by atoms with van der Waals surface area (Å²) in [5.41, 5.74) is 20.6. The fourth-order valence-electron chi connectivity index (χ4n) is 2.23. The second-order valence-electron chi connectivity index (χ2n) is 6.19. The van der Waals surface area contributed by atoms with Crippen molar-refractivity contribution >= 4 is 38.8 Å². The maximum absolute atomic E-state index is 11.9. The number of hydrogen-bond acceptors (Lipinski definition) is 6. The topological polar surface area (TPSA) is 162 Å². The van der Waals surface area contributed by atoms with Crippen LogP contribution in [0.25, 0.3) is 0 Å². The van der Waals surface area contributed by atoms with Crippen LogP contribution >= 0.6 is 0 Å². The summed E-state index contributed by atoms with van der Waals surface area (Å²) in [6.07, 6.45) is 0. The molecule has 0 unspecified atom stereocenters. The van der Waals surface area contributed by atoms with E-state index in [1.54, 1.807) is 36.4 Å². The molecule has 0 heterocycles. The van der Waals surface area contributed by atoms with Crippen molar-refractivity contribution in [2.45, 2.75) is 11.8 Å². The third-order valence-electron chi connectivity index (χ3n) is 3.88. The summed E-state index contributed by atoms with van der Waals surface area (Å²) < 4.78 is 29.4. The van der Waals surface area contributed by atoms with Gasteiger partial charge in [-0.2, -0.15) is 8.42 Å². The molecule has 8 nitrogen and oxygen atoms in total. The van der Waals surface area contributed by atoms with Gasteiger partial charge in [0.15, 0.2) is 0 Å². The Morgan fingerprint density at radius 1 is 0.862 bits per heavy atom. The van der Waals surface area contributed by atoms with E-state index in [4.69, 9.17) is 21.8 Å². The minimum Gasteiger partial charge on any atom is -0.399 e. The van der Waals surface area contributed by atoms with Crippen molar-refractivity contribution in [3.63, 3.8) is 0 Å². The lowest BCUT2D eigenvalue weighted by Crippen LogP contribution is -2.12. The van der Waals surface area contributed by atoms with Gasteiger partial charge in [0.1, 0.15) is 0 Å². The van der Waals surface area contributed by atoms with Gasteiger partial charge in [-0.1, -0.05) is 0 Å². The van der Waals surface area contributed by atoms with E-state index in [0.717, 1.165) is 11.3 Å². The lowest BCUT2D eigenvalue weighted by molar-refractivity contribution is 0.102. The molecule has 0 aliphatic carbocycles. The average molecular weight is 414 g/mol. The van der Waals surface area contributed by atoms with E-state index in [1.165, 1.54) is 24.3 Å². The van der Waals surface area contributed by atoms with E-state index in [1.807, 2.05) is 13.0 Å². The van der Waals surface area contributed by atoms with E-state index in [2.05, 4.69) is 5.32 Å². The Bertz CT molecular complexity index is 1100. The van der Waals surface area contributed by atoms with Gasteiger partial charge in [-0.3, -0.25) is 9.35 Å². The number of anilines is 4. The zero-order valence-corrected chi connectivity index (χ0v) is 16.5. The molecule has 8 N–H and O–H groups in total. The van der Waals surface area contributed by atoms with Crippen LogP contribution < -0.4 is 22.5 Å². The van der Waals surface area contributed by atoms with E-state index in [9.17, 15) is 13.2 Å².